The molecule has 0 rings (SSSR count). The van der Waals surface area contributed by atoms with Gasteiger partial charge in [-0.15, -0.1) is 0 Å². The SMILES string of the molecule is [CH2]C(O)CCCCCCCCC. The van der Waals surface area contributed by atoms with Crippen LogP contribution >= 0.6 is 0 Å². The fraction of sp³-hybridized carbons (Fsp3) is 0.909. The highest BCUT2D eigenvalue weighted by atomic mass is 16.3. The van der Waals surface area contributed by atoms with Gasteiger partial charge >= 0.3 is 0 Å². The number of aliphatic hydroxyl groups excluding tert-OH is 1. The van der Waals surface area contributed by atoms with Crippen molar-refractivity contribution >= 4 is 0 Å². The lowest BCUT2D eigenvalue weighted by molar-refractivity contribution is 0.205. The Morgan fingerprint density at radius 2 is 1.50 bits per heavy atom. The molecule has 0 heterocycles. The van der Waals surface area contributed by atoms with Crippen LogP contribution in [0, 0.1) is 6.92 Å². The summed E-state index contributed by atoms with van der Waals surface area (Å²) in [5.74, 6) is 0. The zero-order valence-corrected chi connectivity index (χ0v) is 8.39. The van der Waals surface area contributed by atoms with Gasteiger partial charge < -0.3 is 5.11 Å². The summed E-state index contributed by atoms with van der Waals surface area (Å²) in [4.78, 5) is 0. The minimum absolute atomic E-state index is 0.347. The summed E-state index contributed by atoms with van der Waals surface area (Å²) in [6.45, 7) is 5.78. The van der Waals surface area contributed by atoms with Gasteiger partial charge in [-0.25, -0.2) is 0 Å². The Morgan fingerprint density at radius 3 is 2.00 bits per heavy atom. The zero-order chi connectivity index (χ0) is 9.23. The van der Waals surface area contributed by atoms with Gasteiger partial charge in [-0.1, -0.05) is 51.9 Å². The van der Waals surface area contributed by atoms with E-state index in [1.165, 1.54) is 38.5 Å². The molecule has 0 amide bonds. The summed E-state index contributed by atoms with van der Waals surface area (Å²) < 4.78 is 0. The molecule has 1 N–H and O–H groups in total. The van der Waals surface area contributed by atoms with E-state index in [-0.39, 0.29) is 6.10 Å². The van der Waals surface area contributed by atoms with Crippen LogP contribution in [0.2, 0.25) is 0 Å². The summed E-state index contributed by atoms with van der Waals surface area (Å²) in [6, 6.07) is 0. The number of hydrogen-bond donors (Lipinski definition) is 1. The maximum absolute atomic E-state index is 8.88. The van der Waals surface area contributed by atoms with E-state index in [4.69, 9.17) is 5.11 Å². The lowest BCUT2D eigenvalue weighted by Crippen LogP contribution is -1.98. The van der Waals surface area contributed by atoms with Crippen molar-refractivity contribution in [3.63, 3.8) is 0 Å². The molecular formula is C11H23O. The summed E-state index contributed by atoms with van der Waals surface area (Å²) in [5, 5.41) is 8.88. The highest BCUT2D eigenvalue weighted by Gasteiger charge is 1.95. The molecule has 0 aliphatic heterocycles. The molecule has 1 nitrogen and oxygen atoms in total. The molecule has 1 heteroatoms. The Bertz CT molecular complexity index is 79.1. The number of unbranched alkanes of at least 4 members (excludes halogenated alkanes) is 6. The molecule has 73 valence electrons. The predicted molar refractivity (Wildman–Crippen MR) is 54.0 cm³/mol. The van der Waals surface area contributed by atoms with Gasteiger partial charge in [0.2, 0.25) is 0 Å². The molecule has 0 aromatic heterocycles. The molecule has 1 atom stereocenters. The van der Waals surface area contributed by atoms with E-state index in [1.54, 1.807) is 0 Å². The molecule has 0 bridgehead atoms. The Balaban J connectivity index is 2.82. The van der Waals surface area contributed by atoms with Crippen molar-refractivity contribution < 1.29 is 5.11 Å². The second kappa shape index (κ2) is 9.05. The number of hydrogen-bond acceptors (Lipinski definition) is 1. The first-order valence-corrected chi connectivity index (χ1v) is 5.28. The van der Waals surface area contributed by atoms with Gasteiger partial charge in [0.25, 0.3) is 0 Å². The van der Waals surface area contributed by atoms with E-state index < -0.39 is 0 Å². The topological polar surface area (TPSA) is 20.2 Å². The Morgan fingerprint density at radius 1 is 1.00 bits per heavy atom. The average Bonchev–Trinajstić information content (AvgIpc) is 2.02. The highest BCUT2D eigenvalue weighted by molar-refractivity contribution is 4.56. The smallest absolute Gasteiger partial charge is 0.0541 e. The van der Waals surface area contributed by atoms with Crippen molar-refractivity contribution in [3.8, 4) is 0 Å². The predicted octanol–water partition coefficient (Wildman–Crippen LogP) is 3.32. The van der Waals surface area contributed by atoms with Crippen molar-refractivity contribution in [2.45, 2.75) is 64.4 Å². The lowest BCUT2D eigenvalue weighted by Gasteiger charge is -2.03. The third kappa shape index (κ3) is 9.96. The van der Waals surface area contributed by atoms with Gasteiger partial charge in [0, 0.05) is 0 Å². The minimum Gasteiger partial charge on any atom is -0.393 e. The summed E-state index contributed by atoms with van der Waals surface area (Å²) in [5.41, 5.74) is 0. The highest BCUT2D eigenvalue weighted by Crippen LogP contribution is 2.09. The first-order chi connectivity index (χ1) is 5.77. The van der Waals surface area contributed by atoms with Crippen LogP contribution in [0.3, 0.4) is 0 Å². The van der Waals surface area contributed by atoms with Gasteiger partial charge in [0.05, 0.1) is 6.10 Å². The van der Waals surface area contributed by atoms with Crippen molar-refractivity contribution in [2.24, 2.45) is 0 Å². The van der Waals surface area contributed by atoms with E-state index in [1.807, 2.05) is 0 Å². The number of aliphatic hydroxyl groups is 1. The fourth-order valence-electron chi connectivity index (χ4n) is 1.34. The molecule has 12 heavy (non-hydrogen) atoms. The first kappa shape index (κ1) is 12.0. The van der Waals surface area contributed by atoms with Crippen LogP contribution in [0.1, 0.15) is 58.3 Å². The van der Waals surface area contributed by atoms with Gasteiger partial charge in [0.15, 0.2) is 0 Å². The van der Waals surface area contributed by atoms with E-state index >= 15 is 0 Å². The van der Waals surface area contributed by atoms with Gasteiger partial charge in [-0.05, 0) is 13.3 Å². The average molecular weight is 171 g/mol. The molecule has 0 aromatic rings. The van der Waals surface area contributed by atoms with E-state index in [0.717, 1.165) is 12.8 Å². The van der Waals surface area contributed by atoms with Gasteiger partial charge in [-0.2, -0.15) is 0 Å². The van der Waals surface area contributed by atoms with Crippen LogP contribution in [0.25, 0.3) is 0 Å². The summed E-state index contributed by atoms with van der Waals surface area (Å²) >= 11 is 0. The van der Waals surface area contributed by atoms with Gasteiger partial charge in [-0.3, -0.25) is 0 Å². The third-order valence-corrected chi connectivity index (χ3v) is 2.14. The van der Waals surface area contributed by atoms with E-state index in [0.29, 0.717) is 0 Å². The first-order valence-electron chi connectivity index (χ1n) is 5.28. The van der Waals surface area contributed by atoms with E-state index in [9.17, 15) is 0 Å². The third-order valence-electron chi connectivity index (χ3n) is 2.14. The molecule has 0 saturated carbocycles. The molecule has 1 unspecified atom stereocenters. The second-order valence-corrected chi connectivity index (χ2v) is 3.56. The largest absolute Gasteiger partial charge is 0.393 e. The van der Waals surface area contributed by atoms with Crippen molar-refractivity contribution in [1.82, 2.24) is 0 Å². The molecule has 0 saturated heterocycles. The van der Waals surface area contributed by atoms with E-state index in [2.05, 4.69) is 13.8 Å². The lowest BCUT2D eigenvalue weighted by atomic mass is 10.1. The van der Waals surface area contributed by atoms with Crippen LogP contribution in [0.4, 0.5) is 0 Å². The molecule has 0 aliphatic carbocycles. The summed E-state index contributed by atoms with van der Waals surface area (Å²) in [6.07, 6.45) is 9.67. The number of rotatable bonds is 8. The Kier molecular flexibility index (Phi) is 9.02. The molecule has 0 aromatic carbocycles. The van der Waals surface area contributed by atoms with Crippen LogP contribution < -0.4 is 0 Å². The zero-order valence-electron chi connectivity index (χ0n) is 8.39. The molecule has 0 spiro atoms. The van der Waals surface area contributed by atoms with Gasteiger partial charge in [0.1, 0.15) is 0 Å². The Hall–Kier alpha value is -0.0400. The minimum atomic E-state index is -0.347. The van der Waals surface area contributed by atoms with Crippen molar-refractivity contribution in [2.75, 3.05) is 0 Å². The quantitative estimate of drug-likeness (QED) is 0.555. The standard InChI is InChI=1S/C11H23O/c1-3-4-5-6-7-8-9-10-11(2)12/h11-12H,2-10H2,1H3. The molecular weight excluding hydrogens is 148 g/mol. The maximum Gasteiger partial charge on any atom is 0.0541 e. The normalized spacial score (nSPS) is 13.2. The van der Waals surface area contributed by atoms with Crippen LogP contribution in [-0.2, 0) is 0 Å². The Labute approximate surface area is 77.2 Å². The molecule has 1 radical (unpaired) electrons. The summed E-state index contributed by atoms with van der Waals surface area (Å²) in [7, 11) is 0. The monoisotopic (exact) mass is 171 g/mol. The van der Waals surface area contributed by atoms with Crippen LogP contribution in [0.5, 0.6) is 0 Å². The van der Waals surface area contributed by atoms with Crippen LogP contribution in [0.15, 0.2) is 0 Å². The molecule has 0 aliphatic rings. The van der Waals surface area contributed by atoms with Crippen molar-refractivity contribution in [1.29, 1.82) is 0 Å². The van der Waals surface area contributed by atoms with Crippen LogP contribution in [-0.4, -0.2) is 11.2 Å². The van der Waals surface area contributed by atoms with Crippen molar-refractivity contribution in [3.05, 3.63) is 6.92 Å². The second-order valence-electron chi connectivity index (χ2n) is 3.56. The fourth-order valence-corrected chi connectivity index (χ4v) is 1.34. The maximum atomic E-state index is 8.88. The molecule has 0 fully saturated rings.